The Kier molecular flexibility index (Phi) is 7.06. The summed E-state index contributed by atoms with van der Waals surface area (Å²) in [5.74, 6) is 0. The molecule has 0 bridgehead atoms. The lowest BCUT2D eigenvalue weighted by atomic mass is 10.0. The summed E-state index contributed by atoms with van der Waals surface area (Å²) in [6.07, 6.45) is 1.43. The number of carbonyl (C=O) groups is 1. The molecule has 0 aromatic heterocycles. The first-order chi connectivity index (χ1) is 11.5. The van der Waals surface area contributed by atoms with Gasteiger partial charge < -0.3 is 15.3 Å². The van der Waals surface area contributed by atoms with Gasteiger partial charge in [-0.25, -0.2) is 4.79 Å². The average Bonchev–Trinajstić information content (AvgIpc) is 2.55. The van der Waals surface area contributed by atoms with Crippen molar-refractivity contribution in [2.24, 2.45) is 0 Å². The van der Waals surface area contributed by atoms with E-state index in [1.54, 1.807) is 11.8 Å². The van der Waals surface area contributed by atoms with Gasteiger partial charge in [0.2, 0.25) is 0 Å². The highest BCUT2D eigenvalue weighted by Crippen LogP contribution is 2.14. The topological polar surface area (TPSA) is 55.8 Å². The van der Waals surface area contributed by atoms with E-state index in [9.17, 15) is 9.90 Å². The Bertz CT molecular complexity index is 497. The number of hydrogen-bond donors (Lipinski definition) is 2. The van der Waals surface area contributed by atoms with Crippen LogP contribution in [0.3, 0.4) is 0 Å². The molecule has 1 saturated heterocycles. The maximum Gasteiger partial charge on any atom is 0.317 e. The Morgan fingerprint density at radius 3 is 2.42 bits per heavy atom. The Morgan fingerprint density at radius 1 is 1.25 bits per heavy atom. The molecule has 1 aromatic carbocycles. The third-order valence-electron chi connectivity index (χ3n) is 4.51. The molecule has 134 valence electrons. The van der Waals surface area contributed by atoms with E-state index >= 15 is 0 Å². The zero-order chi connectivity index (χ0) is 17.5. The fraction of sp³-hybridized carbons (Fsp3) is 0.632. The summed E-state index contributed by atoms with van der Waals surface area (Å²) in [4.78, 5) is 16.6. The number of rotatable bonds is 6. The van der Waals surface area contributed by atoms with Gasteiger partial charge in [-0.05, 0) is 39.2 Å². The van der Waals surface area contributed by atoms with Crippen molar-refractivity contribution >= 4 is 6.03 Å². The van der Waals surface area contributed by atoms with Crippen molar-refractivity contribution in [1.82, 2.24) is 15.1 Å². The molecule has 0 radical (unpaired) electrons. The molecule has 1 unspecified atom stereocenters. The first-order valence-corrected chi connectivity index (χ1v) is 8.97. The van der Waals surface area contributed by atoms with E-state index < -0.39 is 6.10 Å². The first kappa shape index (κ1) is 18.7. The van der Waals surface area contributed by atoms with Crippen LogP contribution >= 0.6 is 0 Å². The van der Waals surface area contributed by atoms with Gasteiger partial charge in [-0.1, -0.05) is 30.3 Å². The number of urea groups is 1. The summed E-state index contributed by atoms with van der Waals surface area (Å²) in [6, 6.07) is 10.7. The zero-order valence-corrected chi connectivity index (χ0v) is 15.1. The highest BCUT2D eigenvalue weighted by Gasteiger charge is 2.24. The summed E-state index contributed by atoms with van der Waals surface area (Å²) in [6.45, 7) is 9.01. The van der Waals surface area contributed by atoms with Crippen molar-refractivity contribution in [1.29, 1.82) is 0 Å². The molecule has 5 heteroatoms. The molecule has 1 heterocycles. The first-order valence-electron chi connectivity index (χ1n) is 8.97. The van der Waals surface area contributed by atoms with Gasteiger partial charge >= 0.3 is 6.03 Å². The lowest BCUT2D eigenvalue weighted by Gasteiger charge is -2.35. The average molecular weight is 333 g/mol. The van der Waals surface area contributed by atoms with E-state index in [4.69, 9.17) is 0 Å². The van der Waals surface area contributed by atoms with Crippen LogP contribution in [-0.4, -0.2) is 58.8 Å². The highest BCUT2D eigenvalue weighted by molar-refractivity contribution is 5.74. The molecule has 0 spiro atoms. The molecule has 5 nitrogen and oxygen atoms in total. The number of hydrogen-bond acceptors (Lipinski definition) is 3. The Morgan fingerprint density at radius 2 is 1.88 bits per heavy atom. The molecule has 24 heavy (non-hydrogen) atoms. The van der Waals surface area contributed by atoms with Crippen molar-refractivity contribution in [2.75, 3.05) is 19.6 Å². The van der Waals surface area contributed by atoms with Crippen LogP contribution in [0.2, 0.25) is 0 Å². The normalized spacial score (nSPS) is 17.7. The number of aliphatic hydroxyl groups excluding tert-OH is 1. The second-order valence-corrected chi connectivity index (χ2v) is 7.08. The molecular formula is C19H31N3O2. The van der Waals surface area contributed by atoms with E-state index in [0.29, 0.717) is 6.54 Å². The lowest BCUT2D eigenvalue weighted by molar-refractivity contribution is 0.113. The fourth-order valence-corrected chi connectivity index (χ4v) is 3.15. The second kappa shape index (κ2) is 9.04. The minimum atomic E-state index is -0.508. The van der Waals surface area contributed by atoms with Gasteiger partial charge in [0, 0.05) is 38.3 Å². The highest BCUT2D eigenvalue weighted by atomic mass is 16.3. The number of benzene rings is 1. The number of piperidine rings is 1. The van der Waals surface area contributed by atoms with Crippen LogP contribution in [0.25, 0.3) is 0 Å². The molecule has 2 rings (SSSR count). The minimum absolute atomic E-state index is 0.0626. The molecule has 2 amide bonds. The van der Waals surface area contributed by atoms with Gasteiger partial charge in [-0.2, -0.15) is 0 Å². The molecule has 0 aliphatic carbocycles. The fourth-order valence-electron chi connectivity index (χ4n) is 3.15. The zero-order valence-electron chi connectivity index (χ0n) is 15.1. The SMILES string of the molecule is CC(O)CN(C(=O)NC1CCN(Cc2ccccc2)CC1)C(C)C. The van der Waals surface area contributed by atoms with Crippen molar-refractivity contribution in [3.05, 3.63) is 35.9 Å². The summed E-state index contributed by atoms with van der Waals surface area (Å²) >= 11 is 0. The maximum atomic E-state index is 12.5. The van der Waals surface area contributed by atoms with Crippen LogP contribution in [0.15, 0.2) is 30.3 Å². The molecule has 1 aliphatic heterocycles. The monoisotopic (exact) mass is 333 g/mol. The number of carbonyl (C=O) groups excluding carboxylic acids is 1. The Hall–Kier alpha value is -1.59. The van der Waals surface area contributed by atoms with Crippen LogP contribution in [0.5, 0.6) is 0 Å². The second-order valence-electron chi connectivity index (χ2n) is 7.08. The summed E-state index contributed by atoms with van der Waals surface area (Å²) in [5, 5.41) is 12.7. The summed E-state index contributed by atoms with van der Waals surface area (Å²) < 4.78 is 0. The van der Waals surface area contributed by atoms with Crippen molar-refractivity contribution in [3.8, 4) is 0 Å². The largest absolute Gasteiger partial charge is 0.392 e. The van der Waals surface area contributed by atoms with Gasteiger partial charge in [0.1, 0.15) is 0 Å². The van der Waals surface area contributed by atoms with E-state index in [1.165, 1.54) is 5.56 Å². The summed E-state index contributed by atoms with van der Waals surface area (Å²) in [5.41, 5.74) is 1.34. The number of nitrogens with one attached hydrogen (secondary N) is 1. The van der Waals surface area contributed by atoms with Crippen LogP contribution in [-0.2, 0) is 6.54 Å². The van der Waals surface area contributed by atoms with Crippen LogP contribution in [0.4, 0.5) is 4.79 Å². The van der Waals surface area contributed by atoms with Crippen LogP contribution < -0.4 is 5.32 Å². The van der Waals surface area contributed by atoms with E-state index in [0.717, 1.165) is 32.5 Å². The molecule has 1 aliphatic rings. The van der Waals surface area contributed by atoms with Gasteiger partial charge in [0.05, 0.1) is 6.10 Å². The predicted octanol–water partition coefficient (Wildman–Crippen LogP) is 2.45. The molecular weight excluding hydrogens is 302 g/mol. The smallest absolute Gasteiger partial charge is 0.317 e. The van der Waals surface area contributed by atoms with Gasteiger partial charge in [-0.3, -0.25) is 4.90 Å². The van der Waals surface area contributed by atoms with Crippen molar-refractivity contribution < 1.29 is 9.90 Å². The van der Waals surface area contributed by atoms with E-state index in [-0.39, 0.29) is 18.1 Å². The summed E-state index contributed by atoms with van der Waals surface area (Å²) in [7, 11) is 0. The van der Waals surface area contributed by atoms with Crippen molar-refractivity contribution in [2.45, 2.75) is 58.3 Å². The van der Waals surface area contributed by atoms with Gasteiger partial charge in [-0.15, -0.1) is 0 Å². The molecule has 2 N–H and O–H groups in total. The maximum absolute atomic E-state index is 12.5. The predicted molar refractivity (Wildman–Crippen MR) is 96.8 cm³/mol. The minimum Gasteiger partial charge on any atom is -0.392 e. The Labute approximate surface area is 145 Å². The quantitative estimate of drug-likeness (QED) is 0.841. The number of amides is 2. The number of aliphatic hydroxyl groups is 1. The Balaban J connectivity index is 1.78. The van der Waals surface area contributed by atoms with E-state index in [2.05, 4.69) is 34.5 Å². The number of nitrogens with zero attached hydrogens (tertiary/aromatic N) is 2. The van der Waals surface area contributed by atoms with Crippen molar-refractivity contribution in [3.63, 3.8) is 0 Å². The van der Waals surface area contributed by atoms with Gasteiger partial charge in [0.15, 0.2) is 0 Å². The standard InChI is InChI=1S/C19H31N3O2/c1-15(2)22(13-16(3)23)19(24)20-18-9-11-21(12-10-18)14-17-7-5-4-6-8-17/h4-8,15-16,18,23H,9-14H2,1-3H3,(H,20,24). The van der Waals surface area contributed by atoms with Crippen LogP contribution in [0, 0.1) is 0 Å². The number of likely N-dealkylation sites (tertiary alicyclic amines) is 1. The third kappa shape index (κ3) is 5.80. The lowest BCUT2D eigenvalue weighted by Crippen LogP contribution is -2.52. The third-order valence-corrected chi connectivity index (χ3v) is 4.51. The molecule has 1 aromatic rings. The molecule has 1 atom stereocenters. The molecule has 1 fully saturated rings. The van der Waals surface area contributed by atoms with E-state index in [1.807, 2.05) is 19.9 Å². The van der Waals surface area contributed by atoms with Crippen LogP contribution in [0.1, 0.15) is 39.2 Å². The molecule has 0 saturated carbocycles. The van der Waals surface area contributed by atoms with Gasteiger partial charge in [0.25, 0.3) is 0 Å².